The van der Waals surface area contributed by atoms with Crippen LogP contribution in [0.1, 0.15) is 0 Å². The van der Waals surface area contributed by atoms with E-state index in [1.165, 1.54) is 36.7 Å². The average Bonchev–Trinajstić information content (AvgIpc) is 2.35. The Balaban J connectivity index is 2.38. The molecule has 0 aliphatic rings. The maximum atomic E-state index is 12.1. The lowest BCUT2D eigenvalue weighted by molar-refractivity contribution is 0.601. The van der Waals surface area contributed by atoms with E-state index in [0.29, 0.717) is 0 Å². The predicted molar refractivity (Wildman–Crippen MR) is 76.5 cm³/mol. The zero-order chi connectivity index (χ0) is 14.0. The van der Waals surface area contributed by atoms with Gasteiger partial charge in [0.2, 0.25) is 0 Å². The number of rotatable bonds is 3. The van der Waals surface area contributed by atoms with E-state index in [-0.39, 0.29) is 25.7 Å². The third-order valence-electron chi connectivity index (χ3n) is 2.21. The first-order chi connectivity index (χ1) is 8.90. The molecule has 100 valence electrons. The van der Waals surface area contributed by atoms with Crippen LogP contribution in [-0.4, -0.2) is 13.4 Å². The van der Waals surface area contributed by atoms with E-state index >= 15 is 0 Å². The Bertz CT molecular complexity index is 720. The van der Waals surface area contributed by atoms with Crippen LogP contribution in [0.3, 0.4) is 0 Å². The molecule has 0 saturated heterocycles. The Kier molecular flexibility index (Phi) is 4.20. The largest absolute Gasteiger partial charge is 0.277 e. The van der Waals surface area contributed by atoms with E-state index in [4.69, 9.17) is 34.8 Å². The van der Waals surface area contributed by atoms with Crippen LogP contribution in [0.15, 0.2) is 41.6 Å². The fourth-order valence-electron chi connectivity index (χ4n) is 1.30. The maximum Gasteiger partial charge on any atom is 0.262 e. The number of benzene rings is 1. The Labute approximate surface area is 125 Å². The summed E-state index contributed by atoms with van der Waals surface area (Å²) < 4.78 is 26.6. The van der Waals surface area contributed by atoms with Crippen LogP contribution in [0.2, 0.25) is 15.1 Å². The summed E-state index contributed by atoms with van der Waals surface area (Å²) >= 11 is 17.4. The van der Waals surface area contributed by atoms with Gasteiger partial charge in [0, 0.05) is 6.20 Å². The molecular formula is C11H7Cl3N2O2S. The molecule has 0 spiro atoms. The van der Waals surface area contributed by atoms with Gasteiger partial charge in [0.1, 0.15) is 0 Å². The highest BCUT2D eigenvalue weighted by Gasteiger charge is 2.17. The second kappa shape index (κ2) is 5.54. The number of nitrogens with zero attached hydrogens (tertiary/aromatic N) is 1. The molecule has 0 radical (unpaired) electrons. The van der Waals surface area contributed by atoms with Crippen molar-refractivity contribution in [2.75, 3.05) is 4.72 Å². The first-order valence-corrected chi connectivity index (χ1v) is 7.59. The van der Waals surface area contributed by atoms with Crippen LogP contribution >= 0.6 is 34.8 Å². The van der Waals surface area contributed by atoms with Crippen molar-refractivity contribution in [3.8, 4) is 0 Å². The van der Waals surface area contributed by atoms with Crippen molar-refractivity contribution in [3.63, 3.8) is 0 Å². The Hall–Kier alpha value is -1.01. The van der Waals surface area contributed by atoms with Crippen LogP contribution in [0, 0.1) is 0 Å². The molecule has 0 saturated carbocycles. The van der Waals surface area contributed by atoms with Gasteiger partial charge in [0.15, 0.2) is 0 Å². The monoisotopic (exact) mass is 336 g/mol. The fourth-order valence-corrected chi connectivity index (χ4v) is 2.96. The number of sulfonamides is 1. The third-order valence-corrected chi connectivity index (χ3v) is 4.65. The molecule has 0 aliphatic carbocycles. The number of hydrogen-bond acceptors (Lipinski definition) is 3. The lowest BCUT2D eigenvalue weighted by Gasteiger charge is -2.09. The molecule has 2 rings (SSSR count). The van der Waals surface area contributed by atoms with Gasteiger partial charge >= 0.3 is 0 Å². The van der Waals surface area contributed by atoms with Crippen molar-refractivity contribution in [2.45, 2.75) is 4.90 Å². The molecule has 0 aliphatic heterocycles. The van der Waals surface area contributed by atoms with E-state index < -0.39 is 10.0 Å². The summed E-state index contributed by atoms with van der Waals surface area (Å²) in [5.74, 6) is 0. The smallest absolute Gasteiger partial charge is 0.262 e. The molecule has 19 heavy (non-hydrogen) atoms. The lowest BCUT2D eigenvalue weighted by atomic mass is 10.4. The summed E-state index contributed by atoms with van der Waals surface area (Å²) in [6.45, 7) is 0. The molecule has 8 heteroatoms. The fraction of sp³-hybridized carbons (Fsp3) is 0. The third kappa shape index (κ3) is 3.30. The summed E-state index contributed by atoms with van der Waals surface area (Å²) in [5.41, 5.74) is 0.190. The minimum Gasteiger partial charge on any atom is -0.277 e. The Morgan fingerprint density at radius 2 is 1.74 bits per heavy atom. The highest BCUT2D eigenvalue weighted by molar-refractivity contribution is 7.92. The summed E-state index contributed by atoms with van der Waals surface area (Å²) in [7, 11) is -3.79. The van der Waals surface area contributed by atoms with E-state index in [9.17, 15) is 8.42 Å². The normalized spacial score (nSPS) is 11.3. The molecule has 0 atom stereocenters. The molecule has 0 amide bonds. The van der Waals surface area contributed by atoms with Gasteiger partial charge < -0.3 is 0 Å². The van der Waals surface area contributed by atoms with Crippen molar-refractivity contribution in [2.24, 2.45) is 0 Å². The maximum absolute atomic E-state index is 12.1. The Morgan fingerprint density at radius 1 is 1.00 bits per heavy atom. The summed E-state index contributed by atoms with van der Waals surface area (Å²) in [6, 6.07) is 5.49. The minimum absolute atomic E-state index is 0.0122. The van der Waals surface area contributed by atoms with Gasteiger partial charge in [-0.15, -0.1) is 0 Å². The average molecular weight is 338 g/mol. The standard InChI is InChI=1S/C11H7Cl3N2O2S/c12-8-2-1-7(5-10(8)14)19(17,18)16-11-6-15-4-3-9(11)13/h1-6,16H. The van der Waals surface area contributed by atoms with Crippen molar-refractivity contribution >= 4 is 50.5 Å². The van der Waals surface area contributed by atoms with Crippen molar-refractivity contribution in [1.29, 1.82) is 0 Å². The SMILES string of the molecule is O=S(=O)(Nc1cnccc1Cl)c1ccc(Cl)c(Cl)c1. The molecule has 1 aromatic carbocycles. The first-order valence-electron chi connectivity index (χ1n) is 4.97. The van der Waals surface area contributed by atoms with Gasteiger partial charge in [-0.2, -0.15) is 0 Å². The molecule has 1 heterocycles. The molecular weight excluding hydrogens is 331 g/mol. The predicted octanol–water partition coefficient (Wildman–Crippen LogP) is 3.84. The van der Waals surface area contributed by atoms with E-state index in [1.807, 2.05) is 0 Å². The van der Waals surface area contributed by atoms with Gasteiger partial charge in [0.25, 0.3) is 10.0 Å². The van der Waals surface area contributed by atoms with Crippen molar-refractivity contribution < 1.29 is 8.42 Å². The van der Waals surface area contributed by atoms with Gasteiger partial charge in [-0.3, -0.25) is 9.71 Å². The molecule has 0 fully saturated rings. The summed E-state index contributed by atoms with van der Waals surface area (Å²) in [5, 5.41) is 0.681. The second-order valence-electron chi connectivity index (χ2n) is 3.54. The highest BCUT2D eigenvalue weighted by atomic mass is 35.5. The minimum atomic E-state index is -3.79. The number of aromatic nitrogens is 1. The van der Waals surface area contributed by atoms with Crippen LogP contribution in [0.4, 0.5) is 5.69 Å². The van der Waals surface area contributed by atoms with Gasteiger partial charge in [0.05, 0.1) is 31.8 Å². The van der Waals surface area contributed by atoms with E-state index in [1.54, 1.807) is 0 Å². The first kappa shape index (κ1) is 14.4. The quantitative estimate of drug-likeness (QED) is 0.925. The number of halogens is 3. The van der Waals surface area contributed by atoms with E-state index in [2.05, 4.69) is 9.71 Å². The summed E-state index contributed by atoms with van der Waals surface area (Å²) in [6.07, 6.45) is 2.77. The molecule has 0 bridgehead atoms. The number of hydrogen-bond donors (Lipinski definition) is 1. The van der Waals surface area contributed by atoms with Crippen LogP contribution in [-0.2, 0) is 10.0 Å². The van der Waals surface area contributed by atoms with Gasteiger partial charge in [-0.05, 0) is 24.3 Å². The van der Waals surface area contributed by atoms with Crippen molar-refractivity contribution in [3.05, 3.63) is 51.7 Å². The van der Waals surface area contributed by atoms with Crippen molar-refractivity contribution in [1.82, 2.24) is 4.98 Å². The van der Waals surface area contributed by atoms with Crippen LogP contribution < -0.4 is 4.72 Å². The molecule has 1 N–H and O–H groups in total. The van der Waals surface area contributed by atoms with Gasteiger partial charge in [-0.25, -0.2) is 8.42 Å². The zero-order valence-corrected chi connectivity index (χ0v) is 12.4. The molecule has 4 nitrogen and oxygen atoms in total. The Morgan fingerprint density at radius 3 is 2.37 bits per heavy atom. The molecule has 1 aromatic heterocycles. The molecule has 2 aromatic rings. The number of pyridine rings is 1. The second-order valence-corrected chi connectivity index (χ2v) is 6.44. The lowest BCUT2D eigenvalue weighted by Crippen LogP contribution is -2.13. The van der Waals surface area contributed by atoms with Crippen LogP contribution in [0.5, 0.6) is 0 Å². The number of nitrogens with one attached hydrogen (secondary N) is 1. The van der Waals surface area contributed by atoms with E-state index in [0.717, 1.165) is 0 Å². The highest BCUT2D eigenvalue weighted by Crippen LogP contribution is 2.27. The van der Waals surface area contributed by atoms with Gasteiger partial charge in [-0.1, -0.05) is 34.8 Å². The molecule has 0 unspecified atom stereocenters. The topological polar surface area (TPSA) is 59.1 Å². The van der Waals surface area contributed by atoms with Crippen LogP contribution in [0.25, 0.3) is 0 Å². The zero-order valence-electron chi connectivity index (χ0n) is 9.27. The summed E-state index contributed by atoms with van der Waals surface area (Å²) in [4.78, 5) is 3.78. The number of anilines is 1.